The van der Waals surface area contributed by atoms with Gasteiger partial charge in [-0.3, -0.25) is 4.79 Å². The van der Waals surface area contributed by atoms with Crippen LogP contribution in [-0.2, 0) is 0 Å². The summed E-state index contributed by atoms with van der Waals surface area (Å²) in [5.74, 6) is 0.106. The maximum absolute atomic E-state index is 11.7. The van der Waals surface area contributed by atoms with Gasteiger partial charge in [0.2, 0.25) is 0 Å². The molecule has 0 aliphatic heterocycles. The Balaban J connectivity index is 2.79. The second kappa shape index (κ2) is 6.27. The van der Waals surface area contributed by atoms with Crippen molar-refractivity contribution in [1.82, 2.24) is 0 Å². The molecule has 1 aromatic heterocycles. The van der Waals surface area contributed by atoms with E-state index in [-0.39, 0.29) is 5.78 Å². The van der Waals surface area contributed by atoms with Crippen molar-refractivity contribution in [2.75, 3.05) is 0 Å². The molecule has 0 saturated heterocycles. The minimum atomic E-state index is -1.83. The fourth-order valence-electron chi connectivity index (χ4n) is 4.64. The summed E-state index contributed by atoms with van der Waals surface area (Å²) in [6, 6.07) is 5.84. The van der Waals surface area contributed by atoms with Gasteiger partial charge in [0, 0.05) is 10.9 Å². The highest BCUT2D eigenvalue weighted by Crippen LogP contribution is 2.43. The van der Waals surface area contributed by atoms with Crippen LogP contribution in [0.3, 0.4) is 0 Å². The molecule has 23 heavy (non-hydrogen) atoms. The predicted molar refractivity (Wildman–Crippen MR) is 102 cm³/mol. The third-order valence-corrected chi connectivity index (χ3v) is 12.6. The van der Waals surface area contributed by atoms with Crippen molar-refractivity contribution in [2.24, 2.45) is 0 Å². The van der Waals surface area contributed by atoms with Crippen molar-refractivity contribution in [2.45, 2.75) is 72.0 Å². The maximum atomic E-state index is 11.7. The van der Waals surface area contributed by atoms with E-state index in [4.69, 9.17) is 4.42 Å². The van der Waals surface area contributed by atoms with Crippen LogP contribution in [0, 0.1) is 6.92 Å². The van der Waals surface area contributed by atoms with E-state index in [2.05, 4.69) is 48.5 Å². The number of carbonyl (C=O) groups is 1. The highest BCUT2D eigenvalue weighted by molar-refractivity contribution is 6.94. The molecule has 3 heteroatoms. The molecule has 0 aliphatic rings. The van der Waals surface area contributed by atoms with Gasteiger partial charge < -0.3 is 4.42 Å². The molecule has 0 fully saturated rings. The van der Waals surface area contributed by atoms with E-state index in [0.29, 0.717) is 16.6 Å². The van der Waals surface area contributed by atoms with Crippen molar-refractivity contribution in [3.05, 3.63) is 29.3 Å². The van der Waals surface area contributed by atoms with Gasteiger partial charge in [-0.1, -0.05) is 41.5 Å². The van der Waals surface area contributed by atoms with E-state index in [1.165, 1.54) is 10.9 Å². The summed E-state index contributed by atoms with van der Waals surface area (Å²) in [7, 11) is -1.83. The molecule has 0 radical (unpaired) electrons. The molecule has 2 aromatic rings. The Labute approximate surface area is 141 Å². The van der Waals surface area contributed by atoms with E-state index >= 15 is 0 Å². The van der Waals surface area contributed by atoms with Crippen molar-refractivity contribution in [1.29, 1.82) is 0 Å². The Kier molecular flexibility index (Phi) is 4.91. The summed E-state index contributed by atoms with van der Waals surface area (Å²) >= 11 is 0. The molecule has 0 bridgehead atoms. The van der Waals surface area contributed by atoms with Crippen LogP contribution in [0.5, 0.6) is 0 Å². The van der Waals surface area contributed by atoms with Crippen LogP contribution in [0.1, 0.15) is 64.4 Å². The molecule has 0 spiro atoms. The number of hydrogen-bond donors (Lipinski definition) is 0. The predicted octanol–water partition coefficient (Wildman–Crippen LogP) is 5.83. The summed E-state index contributed by atoms with van der Waals surface area (Å²) in [6.45, 7) is 17.9. The van der Waals surface area contributed by atoms with Crippen molar-refractivity contribution in [3.8, 4) is 0 Å². The number of rotatable bonds is 5. The first-order valence-corrected chi connectivity index (χ1v) is 10.9. The first kappa shape index (κ1) is 18.0. The molecule has 1 heterocycles. The molecular formula is C20H30O2Si. The summed E-state index contributed by atoms with van der Waals surface area (Å²) in [4.78, 5) is 11.7. The quantitative estimate of drug-likeness (QED) is 0.510. The number of hydrogen-bond acceptors (Lipinski definition) is 2. The molecule has 0 unspecified atom stereocenters. The van der Waals surface area contributed by atoms with Gasteiger partial charge >= 0.3 is 0 Å². The largest absolute Gasteiger partial charge is 0.466 e. The van der Waals surface area contributed by atoms with E-state index in [9.17, 15) is 4.79 Å². The first-order valence-electron chi connectivity index (χ1n) is 8.68. The third-order valence-electron chi connectivity index (χ3n) is 5.60. The van der Waals surface area contributed by atoms with Gasteiger partial charge in [0.25, 0.3) is 0 Å². The van der Waals surface area contributed by atoms with Crippen LogP contribution in [0.2, 0.25) is 16.6 Å². The zero-order valence-corrected chi connectivity index (χ0v) is 16.8. The van der Waals surface area contributed by atoms with E-state index < -0.39 is 8.07 Å². The molecule has 0 saturated carbocycles. The zero-order chi connectivity index (χ0) is 17.5. The molecule has 1 aromatic carbocycles. The molecule has 0 aliphatic carbocycles. The number of furan rings is 1. The standard InChI is InChI=1S/C20H30O2Si/c1-12(2)23(13(3)4,14(5)6)20-15(7)18-11-17(16(8)21)9-10-19(18)22-20/h9-14H,1-8H3. The molecule has 0 N–H and O–H groups in total. The minimum absolute atomic E-state index is 0.106. The fourth-order valence-corrected chi connectivity index (χ4v) is 11.3. The number of aryl methyl sites for hydroxylation is 1. The highest BCUT2D eigenvalue weighted by Gasteiger charge is 2.48. The van der Waals surface area contributed by atoms with Gasteiger partial charge in [-0.05, 0) is 54.2 Å². The number of benzene rings is 1. The molecule has 2 rings (SSSR count). The first-order chi connectivity index (χ1) is 10.6. The van der Waals surface area contributed by atoms with Crippen molar-refractivity contribution in [3.63, 3.8) is 0 Å². The second-order valence-corrected chi connectivity index (χ2v) is 13.5. The average molecular weight is 331 g/mol. The summed E-state index contributed by atoms with van der Waals surface area (Å²) in [5, 5.41) is 2.33. The lowest BCUT2D eigenvalue weighted by atomic mass is 10.1. The number of carbonyl (C=O) groups excluding carboxylic acids is 1. The van der Waals surface area contributed by atoms with Crippen LogP contribution in [-0.4, -0.2) is 13.9 Å². The van der Waals surface area contributed by atoms with Gasteiger partial charge in [-0.25, -0.2) is 0 Å². The lowest BCUT2D eigenvalue weighted by molar-refractivity contribution is 0.101. The Bertz CT molecular complexity index is 701. The average Bonchev–Trinajstić information content (AvgIpc) is 2.75. The maximum Gasteiger partial charge on any atom is 0.159 e. The van der Waals surface area contributed by atoms with Gasteiger partial charge in [0.05, 0.1) is 5.38 Å². The SMILES string of the molecule is CC(=O)c1ccc2oc([Si](C(C)C)(C(C)C)C(C)C)c(C)c2c1. The van der Waals surface area contributed by atoms with Crippen molar-refractivity contribution >= 4 is 30.2 Å². The van der Waals surface area contributed by atoms with E-state index in [1.807, 2.05) is 18.2 Å². The van der Waals surface area contributed by atoms with Crippen LogP contribution in [0.15, 0.2) is 22.6 Å². The lowest BCUT2D eigenvalue weighted by Gasteiger charge is -2.41. The molecule has 2 nitrogen and oxygen atoms in total. The van der Waals surface area contributed by atoms with Crippen LogP contribution in [0.25, 0.3) is 11.0 Å². The smallest absolute Gasteiger partial charge is 0.159 e. The normalized spacial score (nSPS) is 12.8. The number of Topliss-reactive ketones (excluding diaryl/α,β-unsaturated/α-hetero) is 1. The summed E-state index contributed by atoms with van der Waals surface area (Å²) < 4.78 is 6.43. The fraction of sp³-hybridized carbons (Fsp3) is 0.550. The Hall–Kier alpha value is -1.35. The summed E-state index contributed by atoms with van der Waals surface area (Å²) in [6.07, 6.45) is 0. The molecular weight excluding hydrogens is 300 g/mol. The number of ketones is 1. The molecule has 0 amide bonds. The minimum Gasteiger partial charge on any atom is -0.466 e. The van der Waals surface area contributed by atoms with Gasteiger partial charge in [-0.2, -0.15) is 0 Å². The lowest BCUT2D eigenvalue weighted by Crippen LogP contribution is -2.56. The monoisotopic (exact) mass is 330 g/mol. The van der Waals surface area contributed by atoms with E-state index in [0.717, 1.165) is 16.5 Å². The highest BCUT2D eigenvalue weighted by atomic mass is 28.3. The molecule has 0 atom stereocenters. The third kappa shape index (κ3) is 2.69. The Morgan fingerprint density at radius 3 is 1.96 bits per heavy atom. The van der Waals surface area contributed by atoms with Crippen LogP contribution >= 0.6 is 0 Å². The summed E-state index contributed by atoms with van der Waals surface area (Å²) in [5.41, 5.74) is 4.74. The van der Waals surface area contributed by atoms with Gasteiger partial charge in [0.15, 0.2) is 5.78 Å². The number of fused-ring (bicyclic) bond motifs is 1. The molecule has 126 valence electrons. The Morgan fingerprint density at radius 1 is 1.00 bits per heavy atom. The van der Waals surface area contributed by atoms with Gasteiger partial charge in [0.1, 0.15) is 13.7 Å². The van der Waals surface area contributed by atoms with Gasteiger partial charge in [-0.15, -0.1) is 0 Å². The van der Waals surface area contributed by atoms with E-state index in [1.54, 1.807) is 6.92 Å². The van der Waals surface area contributed by atoms with Crippen LogP contribution < -0.4 is 5.38 Å². The second-order valence-electron chi connectivity index (χ2n) is 7.72. The van der Waals surface area contributed by atoms with Crippen molar-refractivity contribution < 1.29 is 9.21 Å². The Morgan fingerprint density at radius 2 is 1.52 bits per heavy atom. The topological polar surface area (TPSA) is 30.2 Å². The zero-order valence-electron chi connectivity index (χ0n) is 15.8. The van der Waals surface area contributed by atoms with Crippen LogP contribution in [0.4, 0.5) is 0 Å².